The van der Waals surface area contributed by atoms with Gasteiger partial charge >= 0.3 is 5.97 Å². The van der Waals surface area contributed by atoms with Crippen LogP contribution < -0.4 is 15.5 Å². The number of carboxylic acids is 1. The van der Waals surface area contributed by atoms with Crippen LogP contribution in [0, 0.1) is 6.92 Å². The quantitative estimate of drug-likeness (QED) is 0.241. The Morgan fingerprint density at radius 1 is 1.21 bits per heavy atom. The molecule has 0 unspecified atom stereocenters. The molecule has 0 aromatic carbocycles. The molecule has 0 aliphatic carbocycles. The van der Waals surface area contributed by atoms with Crippen molar-refractivity contribution >= 4 is 57.4 Å². The maximum Gasteiger partial charge on any atom is 0.348 e. The molecule has 4 N–H and O–H groups in total. The number of aryl methyl sites for hydroxylation is 1. The summed E-state index contributed by atoms with van der Waals surface area (Å²) < 4.78 is 11.4. The minimum atomic E-state index is -1.09. The van der Waals surface area contributed by atoms with Crippen molar-refractivity contribution in [3.8, 4) is 11.4 Å². The number of nitrogens with zero attached hydrogens (tertiary/aromatic N) is 5. The second kappa shape index (κ2) is 14.2. The number of H-pyrrole nitrogens is 1. The molecule has 1 amide bonds. The Morgan fingerprint density at radius 3 is 2.65 bits per heavy atom. The normalized spacial score (nSPS) is 19.4. The van der Waals surface area contributed by atoms with E-state index in [0.717, 1.165) is 44.2 Å². The molecule has 0 saturated carbocycles. The number of nitrogens with one attached hydrogen (secondary N) is 3. The SMILES string of the molecule is CCO[C@H]1CN(c2nc(-c3cnc(NCCN4CCOCC4)cn3)c(C(=O)O)s2)CC[C@H]1NC(=O)c1[nH]c(C)c(Cl)c1Cl. The second-order valence-electron chi connectivity index (χ2n) is 10.2. The summed E-state index contributed by atoms with van der Waals surface area (Å²) in [6.07, 6.45) is 3.30. The van der Waals surface area contributed by atoms with E-state index in [1.165, 1.54) is 6.20 Å². The first-order valence-corrected chi connectivity index (χ1v) is 15.6. The van der Waals surface area contributed by atoms with Crippen LogP contribution >= 0.6 is 34.5 Å². The lowest BCUT2D eigenvalue weighted by atomic mass is 10.0. The molecule has 0 bridgehead atoms. The van der Waals surface area contributed by atoms with Crippen molar-refractivity contribution in [3.05, 3.63) is 38.7 Å². The van der Waals surface area contributed by atoms with E-state index in [1.54, 1.807) is 13.1 Å². The minimum Gasteiger partial charge on any atom is -0.477 e. The summed E-state index contributed by atoms with van der Waals surface area (Å²) in [6.45, 7) is 9.86. The van der Waals surface area contributed by atoms with Crippen molar-refractivity contribution in [2.24, 2.45) is 0 Å². The van der Waals surface area contributed by atoms with E-state index in [0.29, 0.717) is 60.0 Å². The Hall–Kier alpha value is -3.01. The largest absolute Gasteiger partial charge is 0.477 e. The van der Waals surface area contributed by atoms with E-state index in [-0.39, 0.29) is 39.3 Å². The van der Waals surface area contributed by atoms with E-state index in [4.69, 9.17) is 32.7 Å². The molecule has 2 aliphatic rings. The summed E-state index contributed by atoms with van der Waals surface area (Å²) in [4.78, 5) is 46.0. The number of carboxylic acid groups (broad SMARTS) is 1. The van der Waals surface area contributed by atoms with Gasteiger partial charge in [-0.1, -0.05) is 34.5 Å². The first-order valence-electron chi connectivity index (χ1n) is 14.1. The smallest absolute Gasteiger partial charge is 0.348 e. The van der Waals surface area contributed by atoms with E-state index in [2.05, 4.69) is 35.5 Å². The molecule has 232 valence electrons. The number of amides is 1. The van der Waals surface area contributed by atoms with Gasteiger partial charge in [0.05, 0.1) is 47.8 Å². The number of aromatic nitrogens is 4. The minimum absolute atomic E-state index is 0.0781. The summed E-state index contributed by atoms with van der Waals surface area (Å²) in [5, 5.41) is 17.2. The Balaban J connectivity index is 1.25. The number of morpholine rings is 1. The second-order valence-corrected chi connectivity index (χ2v) is 11.9. The molecule has 2 saturated heterocycles. The van der Waals surface area contributed by atoms with Gasteiger partial charge in [0, 0.05) is 51.6 Å². The van der Waals surface area contributed by atoms with Gasteiger partial charge in [-0.2, -0.15) is 0 Å². The Kier molecular flexibility index (Phi) is 10.4. The lowest BCUT2D eigenvalue weighted by Gasteiger charge is -2.38. The van der Waals surface area contributed by atoms with E-state index in [1.807, 2.05) is 11.8 Å². The molecule has 13 nitrogen and oxygen atoms in total. The fourth-order valence-corrected chi connectivity index (χ4v) is 6.44. The fraction of sp³-hybridized carbons (Fsp3) is 0.519. The average molecular weight is 654 g/mol. The van der Waals surface area contributed by atoms with Gasteiger partial charge in [-0.3, -0.25) is 9.69 Å². The van der Waals surface area contributed by atoms with Crippen LogP contribution in [-0.4, -0.2) is 113 Å². The molecule has 5 rings (SSSR count). The van der Waals surface area contributed by atoms with Gasteiger partial charge < -0.3 is 35.1 Å². The highest BCUT2D eigenvalue weighted by Gasteiger charge is 2.34. The van der Waals surface area contributed by atoms with Crippen molar-refractivity contribution < 1.29 is 24.2 Å². The van der Waals surface area contributed by atoms with Crippen molar-refractivity contribution in [1.82, 2.24) is 30.2 Å². The molecule has 2 fully saturated rings. The van der Waals surface area contributed by atoms with Gasteiger partial charge in [0.1, 0.15) is 27.8 Å². The van der Waals surface area contributed by atoms with Gasteiger partial charge in [0.25, 0.3) is 5.91 Å². The fourth-order valence-electron chi connectivity index (χ4n) is 5.08. The maximum absolute atomic E-state index is 13.0. The predicted molar refractivity (Wildman–Crippen MR) is 165 cm³/mol. The van der Waals surface area contributed by atoms with Crippen LogP contribution in [0.1, 0.15) is 39.2 Å². The first-order chi connectivity index (χ1) is 20.7. The lowest BCUT2D eigenvalue weighted by Crippen LogP contribution is -2.55. The van der Waals surface area contributed by atoms with Crippen molar-refractivity contribution in [2.45, 2.75) is 32.4 Å². The molecule has 2 atom stereocenters. The number of ether oxygens (including phenoxy) is 2. The predicted octanol–water partition coefficient (Wildman–Crippen LogP) is 3.40. The molecule has 3 aromatic rings. The highest BCUT2D eigenvalue weighted by Crippen LogP contribution is 2.34. The number of aromatic carboxylic acids is 1. The number of piperidine rings is 1. The van der Waals surface area contributed by atoms with E-state index in [9.17, 15) is 14.7 Å². The third-order valence-electron chi connectivity index (χ3n) is 7.35. The van der Waals surface area contributed by atoms with Crippen LogP contribution in [0.25, 0.3) is 11.4 Å². The third-order valence-corrected chi connectivity index (χ3v) is 9.40. The van der Waals surface area contributed by atoms with Crippen LogP contribution in [0.3, 0.4) is 0 Å². The zero-order valence-corrected chi connectivity index (χ0v) is 26.2. The number of halogens is 2. The van der Waals surface area contributed by atoms with E-state index >= 15 is 0 Å². The van der Waals surface area contributed by atoms with Crippen LogP contribution in [0.15, 0.2) is 12.4 Å². The summed E-state index contributed by atoms with van der Waals surface area (Å²) in [5.41, 5.74) is 1.45. The number of aromatic amines is 1. The van der Waals surface area contributed by atoms with E-state index < -0.39 is 5.97 Å². The number of anilines is 2. The van der Waals surface area contributed by atoms with Gasteiger partial charge in [0.2, 0.25) is 0 Å². The number of rotatable bonds is 11. The number of thiazole rings is 1. The lowest BCUT2D eigenvalue weighted by molar-refractivity contribution is 0.0272. The molecule has 43 heavy (non-hydrogen) atoms. The van der Waals surface area contributed by atoms with Gasteiger partial charge in [-0.25, -0.2) is 19.7 Å². The van der Waals surface area contributed by atoms with Crippen LogP contribution in [0.2, 0.25) is 10.0 Å². The number of hydrogen-bond acceptors (Lipinski definition) is 11. The Bertz CT molecular complexity index is 1430. The monoisotopic (exact) mass is 652 g/mol. The summed E-state index contributed by atoms with van der Waals surface area (Å²) >= 11 is 13.5. The summed E-state index contributed by atoms with van der Waals surface area (Å²) in [6, 6.07) is -0.297. The standard InChI is InChI=1S/C27H34Cl2N8O5S/c1-3-42-18-14-37(6-4-16(18)34-25(38)23-21(29)20(28)15(2)33-23)27-35-22(24(43-27)26(39)40)17-12-32-19(13-31-17)30-5-7-36-8-10-41-11-9-36/h12-13,16,18,33H,3-11,14H2,1-2H3,(H,30,32)(H,34,38)(H,39,40)/t16-,18+/m1/s1. The molecule has 0 radical (unpaired) electrons. The summed E-state index contributed by atoms with van der Waals surface area (Å²) in [5.74, 6) is -0.856. The highest BCUT2D eigenvalue weighted by molar-refractivity contribution is 7.17. The molecule has 5 heterocycles. The summed E-state index contributed by atoms with van der Waals surface area (Å²) in [7, 11) is 0. The van der Waals surface area contributed by atoms with Gasteiger partial charge in [-0.15, -0.1) is 0 Å². The third kappa shape index (κ3) is 7.39. The number of hydrogen-bond donors (Lipinski definition) is 4. The van der Waals surface area contributed by atoms with Gasteiger partial charge in [-0.05, 0) is 20.3 Å². The molecule has 0 spiro atoms. The number of carbonyl (C=O) groups is 2. The molecule has 3 aromatic heterocycles. The Morgan fingerprint density at radius 2 is 2.00 bits per heavy atom. The topological polar surface area (TPSA) is 158 Å². The molecular formula is C27H34Cl2N8O5S. The maximum atomic E-state index is 13.0. The van der Waals surface area contributed by atoms with Crippen molar-refractivity contribution in [3.63, 3.8) is 0 Å². The van der Waals surface area contributed by atoms with Crippen molar-refractivity contribution in [2.75, 3.05) is 69.3 Å². The molecular weight excluding hydrogens is 619 g/mol. The van der Waals surface area contributed by atoms with Crippen molar-refractivity contribution in [1.29, 1.82) is 0 Å². The molecule has 16 heteroatoms. The zero-order chi connectivity index (χ0) is 30.5. The number of carbonyl (C=O) groups excluding carboxylic acids is 1. The van der Waals surface area contributed by atoms with Crippen LogP contribution in [0.5, 0.6) is 0 Å². The van der Waals surface area contributed by atoms with Crippen LogP contribution in [0.4, 0.5) is 10.9 Å². The molecule has 2 aliphatic heterocycles. The van der Waals surface area contributed by atoms with Gasteiger partial charge in [0.15, 0.2) is 5.13 Å². The zero-order valence-electron chi connectivity index (χ0n) is 23.9. The van der Waals surface area contributed by atoms with Crippen LogP contribution in [-0.2, 0) is 9.47 Å². The highest BCUT2D eigenvalue weighted by atomic mass is 35.5. The average Bonchev–Trinajstić information content (AvgIpc) is 3.57. The Labute approximate surface area is 262 Å². The first kappa shape index (κ1) is 31.4.